The summed E-state index contributed by atoms with van der Waals surface area (Å²) in [6.45, 7) is 2.80. The molecule has 2 aromatic rings. The quantitative estimate of drug-likeness (QED) is 0.759. The predicted molar refractivity (Wildman–Crippen MR) is 54.8 cm³/mol. The summed E-state index contributed by atoms with van der Waals surface area (Å²) in [6, 6.07) is 2.11. The van der Waals surface area contributed by atoms with Gasteiger partial charge < -0.3 is 9.88 Å². The monoisotopic (exact) mass is 206 g/mol. The van der Waals surface area contributed by atoms with Crippen molar-refractivity contribution in [2.45, 2.75) is 19.5 Å². The van der Waals surface area contributed by atoms with Crippen molar-refractivity contribution in [1.82, 2.24) is 30.3 Å². The zero-order chi connectivity index (χ0) is 10.7. The normalized spacial score (nSPS) is 12.9. The number of aryl methyl sites for hydroxylation is 1. The van der Waals surface area contributed by atoms with Crippen LogP contribution in [0.2, 0.25) is 0 Å². The SMILES string of the molecule is CC(NCc1ccn[nH]1)c1nncn1C. The fraction of sp³-hybridized carbons (Fsp3) is 0.444. The minimum Gasteiger partial charge on any atom is -0.319 e. The Balaban J connectivity index is 1.93. The Morgan fingerprint density at radius 2 is 2.47 bits per heavy atom. The molecule has 0 aliphatic heterocycles. The first-order valence-electron chi connectivity index (χ1n) is 4.83. The van der Waals surface area contributed by atoms with Gasteiger partial charge in [0, 0.05) is 25.5 Å². The summed E-state index contributed by atoms with van der Waals surface area (Å²) in [6.07, 6.45) is 3.44. The molecular formula is C9H14N6. The van der Waals surface area contributed by atoms with Crippen molar-refractivity contribution in [2.75, 3.05) is 0 Å². The summed E-state index contributed by atoms with van der Waals surface area (Å²) >= 11 is 0. The van der Waals surface area contributed by atoms with Gasteiger partial charge in [-0.1, -0.05) is 0 Å². The van der Waals surface area contributed by atoms with E-state index < -0.39 is 0 Å². The van der Waals surface area contributed by atoms with Crippen LogP contribution in [-0.2, 0) is 13.6 Å². The van der Waals surface area contributed by atoms with Gasteiger partial charge in [-0.15, -0.1) is 10.2 Å². The maximum atomic E-state index is 4.04. The van der Waals surface area contributed by atoms with Gasteiger partial charge in [-0.25, -0.2) is 0 Å². The van der Waals surface area contributed by atoms with Crippen molar-refractivity contribution >= 4 is 0 Å². The lowest BCUT2D eigenvalue weighted by Crippen LogP contribution is -2.21. The maximum Gasteiger partial charge on any atom is 0.149 e. The van der Waals surface area contributed by atoms with Crippen LogP contribution in [0, 0.1) is 0 Å². The maximum absolute atomic E-state index is 4.04. The van der Waals surface area contributed by atoms with Gasteiger partial charge in [0.1, 0.15) is 12.2 Å². The zero-order valence-electron chi connectivity index (χ0n) is 8.81. The van der Waals surface area contributed by atoms with Gasteiger partial charge in [-0.2, -0.15) is 5.10 Å². The van der Waals surface area contributed by atoms with Gasteiger partial charge in [0.2, 0.25) is 0 Å². The molecule has 0 radical (unpaired) electrons. The lowest BCUT2D eigenvalue weighted by Gasteiger charge is -2.11. The van der Waals surface area contributed by atoms with Crippen LogP contribution >= 0.6 is 0 Å². The molecule has 0 amide bonds. The lowest BCUT2D eigenvalue weighted by atomic mass is 10.3. The van der Waals surface area contributed by atoms with E-state index in [1.165, 1.54) is 0 Å². The number of H-pyrrole nitrogens is 1. The number of nitrogens with zero attached hydrogens (tertiary/aromatic N) is 4. The zero-order valence-corrected chi connectivity index (χ0v) is 8.81. The van der Waals surface area contributed by atoms with Crippen LogP contribution in [0.15, 0.2) is 18.6 Å². The molecule has 0 spiro atoms. The van der Waals surface area contributed by atoms with E-state index in [1.807, 2.05) is 17.7 Å². The van der Waals surface area contributed by atoms with E-state index >= 15 is 0 Å². The first-order valence-corrected chi connectivity index (χ1v) is 4.83. The summed E-state index contributed by atoms with van der Waals surface area (Å²) in [4.78, 5) is 0. The fourth-order valence-electron chi connectivity index (χ4n) is 1.42. The van der Waals surface area contributed by atoms with E-state index in [0.29, 0.717) is 0 Å². The summed E-state index contributed by atoms with van der Waals surface area (Å²) < 4.78 is 1.91. The molecule has 80 valence electrons. The Kier molecular flexibility index (Phi) is 2.77. The summed E-state index contributed by atoms with van der Waals surface area (Å²) in [5, 5.41) is 18.0. The number of nitrogens with one attached hydrogen (secondary N) is 2. The van der Waals surface area contributed by atoms with E-state index in [9.17, 15) is 0 Å². The molecular weight excluding hydrogens is 192 g/mol. The molecule has 2 heterocycles. The molecule has 0 aliphatic carbocycles. The first-order chi connectivity index (χ1) is 7.27. The molecule has 1 unspecified atom stereocenters. The van der Waals surface area contributed by atoms with E-state index in [2.05, 4.69) is 32.6 Å². The lowest BCUT2D eigenvalue weighted by molar-refractivity contribution is 0.523. The van der Waals surface area contributed by atoms with Crippen LogP contribution in [-0.4, -0.2) is 25.0 Å². The van der Waals surface area contributed by atoms with Gasteiger partial charge in [0.15, 0.2) is 0 Å². The molecule has 0 aromatic carbocycles. The van der Waals surface area contributed by atoms with Gasteiger partial charge >= 0.3 is 0 Å². The Morgan fingerprint density at radius 3 is 3.07 bits per heavy atom. The Hall–Kier alpha value is -1.69. The highest BCUT2D eigenvalue weighted by atomic mass is 15.3. The molecule has 15 heavy (non-hydrogen) atoms. The van der Waals surface area contributed by atoms with Crippen LogP contribution in [0.5, 0.6) is 0 Å². The molecule has 0 saturated heterocycles. The second kappa shape index (κ2) is 4.22. The Morgan fingerprint density at radius 1 is 1.60 bits per heavy atom. The minimum absolute atomic E-state index is 0.167. The van der Waals surface area contributed by atoms with Crippen LogP contribution in [0.25, 0.3) is 0 Å². The van der Waals surface area contributed by atoms with Crippen molar-refractivity contribution in [3.8, 4) is 0 Å². The third-order valence-electron chi connectivity index (χ3n) is 2.29. The molecule has 2 rings (SSSR count). The number of hydrogen-bond acceptors (Lipinski definition) is 4. The van der Waals surface area contributed by atoms with E-state index in [4.69, 9.17) is 0 Å². The van der Waals surface area contributed by atoms with Crippen molar-refractivity contribution < 1.29 is 0 Å². The molecule has 2 N–H and O–H groups in total. The second-order valence-corrected chi connectivity index (χ2v) is 3.48. The Bertz CT molecular complexity index is 404. The molecule has 0 aliphatic rings. The largest absolute Gasteiger partial charge is 0.319 e. The molecule has 6 heteroatoms. The molecule has 6 nitrogen and oxygen atoms in total. The number of rotatable bonds is 4. The average molecular weight is 206 g/mol. The standard InChI is InChI=1S/C9H14N6/c1-7(9-14-12-6-15(9)2)10-5-8-3-4-11-13-8/h3-4,6-7,10H,5H2,1-2H3,(H,11,13). The second-order valence-electron chi connectivity index (χ2n) is 3.48. The highest BCUT2D eigenvalue weighted by molar-refractivity contribution is 4.99. The highest BCUT2D eigenvalue weighted by Crippen LogP contribution is 2.07. The van der Waals surface area contributed by atoms with Gasteiger partial charge in [-0.3, -0.25) is 5.10 Å². The first kappa shape index (κ1) is 9.85. The van der Waals surface area contributed by atoms with Crippen molar-refractivity contribution in [3.63, 3.8) is 0 Å². The van der Waals surface area contributed by atoms with Gasteiger partial charge in [0.05, 0.1) is 6.04 Å². The van der Waals surface area contributed by atoms with E-state index in [0.717, 1.165) is 18.1 Å². The molecule has 0 saturated carbocycles. The predicted octanol–water partition coefficient (Wildman–Crippen LogP) is 0.389. The number of aromatic amines is 1. The van der Waals surface area contributed by atoms with Gasteiger partial charge in [-0.05, 0) is 13.0 Å². The van der Waals surface area contributed by atoms with Crippen molar-refractivity contribution in [1.29, 1.82) is 0 Å². The molecule has 0 fully saturated rings. The van der Waals surface area contributed by atoms with Crippen LogP contribution in [0.4, 0.5) is 0 Å². The number of aromatic nitrogens is 5. The average Bonchev–Trinajstić information content (AvgIpc) is 2.84. The number of hydrogen-bond donors (Lipinski definition) is 2. The molecule has 2 aromatic heterocycles. The minimum atomic E-state index is 0.167. The summed E-state index contributed by atoms with van der Waals surface area (Å²) in [5.74, 6) is 0.925. The van der Waals surface area contributed by atoms with Crippen molar-refractivity contribution in [2.24, 2.45) is 7.05 Å². The topological polar surface area (TPSA) is 71.4 Å². The molecule has 0 bridgehead atoms. The van der Waals surface area contributed by atoms with E-state index in [-0.39, 0.29) is 6.04 Å². The van der Waals surface area contributed by atoms with Crippen LogP contribution in [0.3, 0.4) is 0 Å². The summed E-state index contributed by atoms with van der Waals surface area (Å²) in [7, 11) is 1.93. The van der Waals surface area contributed by atoms with Crippen LogP contribution < -0.4 is 5.32 Å². The van der Waals surface area contributed by atoms with Gasteiger partial charge in [0.25, 0.3) is 0 Å². The smallest absolute Gasteiger partial charge is 0.149 e. The third-order valence-corrected chi connectivity index (χ3v) is 2.29. The fourth-order valence-corrected chi connectivity index (χ4v) is 1.42. The highest BCUT2D eigenvalue weighted by Gasteiger charge is 2.10. The summed E-state index contributed by atoms with van der Waals surface area (Å²) in [5.41, 5.74) is 1.06. The third kappa shape index (κ3) is 2.21. The Labute approximate surface area is 87.7 Å². The van der Waals surface area contributed by atoms with Crippen molar-refractivity contribution in [3.05, 3.63) is 30.1 Å². The van der Waals surface area contributed by atoms with E-state index in [1.54, 1.807) is 12.5 Å². The molecule has 1 atom stereocenters. The van der Waals surface area contributed by atoms with Crippen LogP contribution in [0.1, 0.15) is 24.5 Å².